The van der Waals surface area contributed by atoms with Gasteiger partial charge in [-0.05, 0) is 38.5 Å². The average molecular weight is 192 g/mol. The second kappa shape index (κ2) is 2.88. The molecule has 3 atom stereocenters. The van der Waals surface area contributed by atoms with Crippen molar-refractivity contribution in [3.63, 3.8) is 0 Å². The van der Waals surface area contributed by atoms with Crippen LogP contribution in [-0.2, 0) is 9.59 Å². The van der Waals surface area contributed by atoms with Gasteiger partial charge in [0.25, 0.3) is 0 Å². The van der Waals surface area contributed by atoms with Crippen LogP contribution in [0, 0.1) is 5.92 Å². The van der Waals surface area contributed by atoms with Gasteiger partial charge in [0, 0.05) is 0 Å². The zero-order chi connectivity index (χ0) is 10.2. The highest BCUT2D eigenvalue weighted by Crippen LogP contribution is 2.57. The van der Waals surface area contributed by atoms with Gasteiger partial charge in [-0.25, -0.2) is 9.59 Å². The third-order valence-corrected chi connectivity index (χ3v) is 3.83. The number of fused-ring (bicyclic) bond motifs is 2. The molecular weight excluding hydrogens is 180 g/mol. The highest BCUT2D eigenvalue weighted by Gasteiger charge is 2.60. The molecule has 4 heteroatoms. The van der Waals surface area contributed by atoms with Crippen LogP contribution in [0.5, 0.6) is 0 Å². The van der Waals surface area contributed by atoms with E-state index in [4.69, 9.17) is 0 Å². The van der Waals surface area contributed by atoms with Gasteiger partial charge in [-0.1, -0.05) is 0 Å². The lowest BCUT2D eigenvalue weighted by molar-refractivity contribution is 0.255. The fraction of sp³-hybridized carbons (Fsp3) is 0.800. The van der Waals surface area contributed by atoms with Crippen LogP contribution < -0.4 is 0 Å². The fourth-order valence-corrected chi connectivity index (χ4v) is 3.10. The minimum Gasteiger partial charge on any atom is -0.211 e. The summed E-state index contributed by atoms with van der Waals surface area (Å²) in [6.07, 6.45) is 6.86. The van der Waals surface area contributed by atoms with Crippen LogP contribution in [0.3, 0.4) is 0 Å². The van der Waals surface area contributed by atoms with Crippen molar-refractivity contribution in [2.75, 3.05) is 0 Å². The van der Waals surface area contributed by atoms with E-state index in [9.17, 15) is 9.59 Å². The van der Waals surface area contributed by atoms with Crippen molar-refractivity contribution in [2.24, 2.45) is 15.9 Å². The largest absolute Gasteiger partial charge is 0.235 e. The number of carbonyl (C=O) groups excluding carboxylic acids is 2. The summed E-state index contributed by atoms with van der Waals surface area (Å²) >= 11 is 0. The molecule has 0 aromatic carbocycles. The molecule has 4 nitrogen and oxygen atoms in total. The second-order valence-electron chi connectivity index (χ2n) is 4.52. The SMILES string of the molecule is CC1(N=C=O)CC2CCC1(N=C=O)C2. The van der Waals surface area contributed by atoms with E-state index in [1.165, 1.54) is 0 Å². The lowest BCUT2D eigenvalue weighted by Gasteiger charge is -2.35. The summed E-state index contributed by atoms with van der Waals surface area (Å²) in [6.45, 7) is 1.89. The zero-order valence-electron chi connectivity index (χ0n) is 8.12. The van der Waals surface area contributed by atoms with Gasteiger partial charge in [-0.15, -0.1) is 0 Å². The Morgan fingerprint density at radius 2 is 1.93 bits per heavy atom. The third-order valence-electron chi connectivity index (χ3n) is 3.83. The summed E-state index contributed by atoms with van der Waals surface area (Å²) in [6, 6.07) is 0. The maximum absolute atomic E-state index is 10.4. The van der Waals surface area contributed by atoms with Gasteiger partial charge >= 0.3 is 0 Å². The summed E-state index contributed by atoms with van der Waals surface area (Å²) in [4.78, 5) is 28.5. The van der Waals surface area contributed by atoms with Crippen LogP contribution in [0.1, 0.15) is 32.6 Å². The van der Waals surface area contributed by atoms with Gasteiger partial charge in [0.15, 0.2) is 0 Å². The molecule has 2 aliphatic carbocycles. The smallest absolute Gasteiger partial charge is 0.211 e. The molecule has 0 spiro atoms. The summed E-state index contributed by atoms with van der Waals surface area (Å²) < 4.78 is 0. The summed E-state index contributed by atoms with van der Waals surface area (Å²) in [5.41, 5.74) is -0.980. The molecule has 2 aliphatic rings. The van der Waals surface area contributed by atoms with E-state index in [1.807, 2.05) is 6.92 Å². The Bertz CT molecular complexity index is 353. The van der Waals surface area contributed by atoms with Crippen molar-refractivity contribution in [1.82, 2.24) is 0 Å². The Morgan fingerprint density at radius 1 is 1.21 bits per heavy atom. The second-order valence-corrected chi connectivity index (χ2v) is 4.52. The van der Waals surface area contributed by atoms with Gasteiger partial charge in [-0.3, -0.25) is 0 Å². The lowest BCUT2D eigenvalue weighted by Crippen LogP contribution is -2.44. The molecule has 2 rings (SSSR count). The van der Waals surface area contributed by atoms with Crippen molar-refractivity contribution < 1.29 is 9.59 Å². The normalized spacial score (nSPS) is 44.2. The quantitative estimate of drug-likeness (QED) is 0.490. The first-order chi connectivity index (χ1) is 6.66. The minimum absolute atomic E-state index is 0.461. The Morgan fingerprint density at radius 3 is 2.50 bits per heavy atom. The summed E-state index contributed by atoms with van der Waals surface area (Å²) in [7, 11) is 0. The number of nitrogens with zero attached hydrogens (tertiary/aromatic N) is 2. The maximum Gasteiger partial charge on any atom is 0.235 e. The van der Waals surface area contributed by atoms with Gasteiger partial charge in [0.05, 0.1) is 11.1 Å². The first-order valence-electron chi connectivity index (χ1n) is 4.84. The van der Waals surface area contributed by atoms with Gasteiger partial charge in [0.2, 0.25) is 12.2 Å². The number of rotatable bonds is 2. The first kappa shape index (κ1) is 9.32. The van der Waals surface area contributed by atoms with E-state index in [0.29, 0.717) is 5.92 Å². The van der Waals surface area contributed by atoms with Crippen LogP contribution in [0.25, 0.3) is 0 Å². The van der Waals surface area contributed by atoms with Crippen LogP contribution in [0.2, 0.25) is 0 Å². The average Bonchev–Trinajstić information content (AvgIpc) is 2.60. The van der Waals surface area contributed by atoms with Crippen LogP contribution in [-0.4, -0.2) is 23.2 Å². The summed E-state index contributed by atoms with van der Waals surface area (Å²) in [5, 5.41) is 0. The molecule has 0 aromatic rings. The Labute approximate surface area is 82.1 Å². The topological polar surface area (TPSA) is 58.9 Å². The highest BCUT2D eigenvalue weighted by molar-refractivity contribution is 5.41. The number of hydrogen-bond donors (Lipinski definition) is 0. The summed E-state index contributed by atoms with van der Waals surface area (Å²) in [5.74, 6) is 0.550. The van der Waals surface area contributed by atoms with Crippen LogP contribution >= 0.6 is 0 Å². The molecule has 0 radical (unpaired) electrons. The van der Waals surface area contributed by atoms with Crippen molar-refractivity contribution in [3.8, 4) is 0 Å². The molecule has 2 fully saturated rings. The molecule has 0 N–H and O–H groups in total. The van der Waals surface area contributed by atoms with E-state index in [-0.39, 0.29) is 0 Å². The molecule has 2 bridgehead atoms. The fourth-order valence-electron chi connectivity index (χ4n) is 3.10. The molecule has 2 saturated carbocycles. The van der Waals surface area contributed by atoms with Crippen molar-refractivity contribution in [1.29, 1.82) is 0 Å². The molecule has 0 aromatic heterocycles. The Balaban J connectivity index is 2.45. The van der Waals surface area contributed by atoms with E-state index in [2.05, 4.69) is 9.98 Å². The highest BCUT2D eigenvalue weighted by atomic mass is 16.1. The molecule has 0 saturated heterocycles. The van der Waals surface area contributed by atoms with Crippen LogP contribution in [0.4, 0.5) is 0 Å². The van der Waals surface area contributed by atoms with Gasteiger partial charge in [0.1, 0.15) is 0 Å². The monoisotopic (exact) mass is 192 g/mol. The van der Waals surface area contributed by atoms with E-state index < -0.39 is 11.1 Å². The minimum atomic E-state index is -0.519. The van der Waals surface area contributed by atoms with E-state index in [1.54, 1.807) is 12.2 Å². The van der Waals surface area contributed by atoms with Crippen molar-refractivity contribution >= 4 is 12.2 Å². The number of aliphatic imine (C=N–C) groups is 2. The van der Waals surface area contributed by atoms with Gasteiger partial charge < -0.3 is 0 Å². The Kier molecular flexibility index (Phi) is 1.91. The molecule has 3 unspecified atom stereocenters. The molecule has 0 aliphatic heterocycles. The molecule has 74 valence electrons. The first-order valence-corrected chi connectivity index (χ1v) is 4.84. The van der Waals surface area contributed by atoms with E-state index in [0.717, 1.165) is 25.7 Å². The maximum atomic E-state index is 10.4. The predicted octanol–water partition coefficient (Wildman–Crippen LogP) is 1.36. The Hall–Kier alpha value is -1.24. The molecule has 14 heavy (non-hydrogen) atoms. The van der Waals surface area contributed by atoms with Crippen molar-refractivity contribution in [3.05, 3.63) is 0 Å². The van der Waals surface area contributed by atoms with Crippen LogP contribution in [0.15, 0.2) is 9.98 Å². The van der Waals surface area contributed by atoms with Gasteiger partial charge in [-0.2, -0.15) is 9.98 Å². The lowest BCUT2D eigenvalue weighted by atomic mass is 9.77. The number of hydrogen-bond acceptors (Lipinski definition) is 4. The molecule has 0 amide bonds. The standard InChI is InChI=1S/C10H12N2O2/c1-9(11-6-13)4-8-2-3-10(9,5-8)12-7-14/h8H,2-5H2,1H3. The van der Waals surface area contributed by atoms with E-state index >= 15 is 0 Å². The molecule has 0 heterocycles. The third kappa shape index (κ3) is 1.02. The molecular formula is C10H12N2O2. The zero-order valence-corrected chi connectivity index (χ0v) is 8.12. The van der Waals surface area contributed by atoms with Crippen molar-refractivity contribution in [2.45, 2.75) is 43.7 Å². The predicted molar refractivity (Wildman–Crippen MR) is 49.3 cm³/mol. The number of isocyanates is 2.